The summed E-state index contributed by atoms with van der Waals surface area (Å²) < 4.78 is 15.8. The van der Waals surface area contributed by atoms with Gasteiger partial charge in [-0.1, -0.05) is 13.8 Å². The highest BCUT2D eigenvalue weighted by molar-refractivity contribution is 7.26. The number of esters is 1. The van der Waals surface area contributed by atoms with Gasteiger partial charge in [0, 0.05) is 6.42 Å². The molecule has 0 aromatic rings. The highest BCUT2D eigenvalue weighted by Gasteiger charge is 2.27. The van der Waals surface area contributed by atoms with Gasteiger partial charge in [-0.25, -0.2) is 0 Å². The molecule has 0 bridgehead atoms. The molecule has 82 valence electrons. The zero-order valence-corrected chi connectivity index (χ0v) is 10.1. The van der Waals surface area contributed by atoms with Crippen molar-refractivity contribution in [3.63, 3.8) is 0 Å². The Balaban J connectivity index is 4.05. The fraction of sp³-hybridized carbons (Fsp3) is 0.900. The van der Waals surface area contributed by atoms with Crippen molar-refractivity contribution in [1.82, 2.24) is 0 Å². The minimum absolute atomic E-state index is 0.141. The summed E-state index contributed by atoms with van der Waals surface area (Å²) in [5.74, 6) is -0.192. The summed E-state index contributed by atoms with van der Waals surface area (Å²) in [5.41, 5.74) is 0. The molecule has 0 aliphatic heterocycles. The quantitative estimate of drug-likeness (QED) is 0.487. The van der Waals surface area contributed by atoms with Crippen molar-refractivity contribution in [2.24, 2.45) is 0 Å². The summed E-state index contributed by atoms with van der Waals surface area (Å²) in [4.78, 5) is 11.1. The summed E-state index contributed by atoms with van der Waals surface area (Å²) in [6, 6.07) is 0. The van der Waals surface area contributed by atoms with Crippen LogP contribution in [0.1, 0.15) is 46.5 Å². The van der Waals surface area contributed by atoms with Gasteiger partial charge < -0.3 is 4.74 Å². The lowest BCUT2D eigenvalue weighted by Crippen LogP contribution is -2.21. The first kappa shape index (κ1) is 13.6. The SMILES string of the molecule is CCOC(=O)CCC(CC)(CC)P=O. The Morgan fingerprint density at radius 2 is 1.86 bits per heavy atom. The summed E-state index contributed by atoms with van der Waals surface area (Å²) in [7, 11) is 0.141. The maximum Gasteiger partial charge on any atom is 0.305 e. The van der Waals surface area contributed by atoms with Crippen molar-refractivity contribution in [3.8, 4) is 0 Å². The normalized spacial score (nSPS) is 11.6. The second kappa shape index (κ2) is 6.94. The van der Waals surface area contributed by atoms with Crippen LogP contribution < -0.4 is 0 Å². The first-order chi connectivity index (χ1) is 6.64. The lowest BCUT2D eigenvalue weighted by molar-refractivity contribution is -0.143. The smallest absolute Gasteiger partial charge is 0.305 e. The van der Waals surface area contributed by atoms with Gasteiger partial charge in [-0.2, -0.15) is 0 Å². The topological polar surface area (TPSA) is 43.4 Å². The average Bonchev–Trinajstić information content (AvgIpc) is 2.21. The fourth-order valence-corrected chi connectivity index (χ4v) is 1.81. The molecule has 0 aromatic carbocycles. The zero-order valence-electron chi connectivity index (χ0n) is 9.21. The molecular formula is C10H19O3P. The molecule has 0 amide bonds. The molecular weight excluding hydrogens is 199 g/mol. The van der Waals surface area contributed by atoms with Crippen LogP contribution in [0.15, 0.2) is 0 Å². The van der Waals surface area contributed by atoms with Crippen LogP contribution in [0.3, 0.4) is 0 Å². The third kappa shape index (κ3) is 4.19. The van der Waals surface area contributed by atoms with Crippen molar-refractivity contribution < 1.29 is 14.1 Å². The predicted octanol–water partition coefficient (Wildman–Crippen LogP) is 3.18. The van der Waals surface area contributed by atoms with E-state index in [1.165, 1.54) is 0 Å². The second-order valence-electron chi connectivity index (χ2n) is 3.33. The average molecular weight is 218 g/mol. The van der Waals surface area contributed by atoms with E-state index in [4.69, 9.17) is 4.74 Å². The molecule has 0 aromatic heterocycles. The van der Waals surface area contributed by atoms with Crippen LogP contribution in [0.2, 0.25) is 0 Å². The molecule has 3 nitrogen and oxygen atoms in total. The summed E-state index contributed by atoms with van der Waals surface area (Å²) >= 11 is 0. The van der Waals surface area contributed by atoms with Crippen molar-refractivity contribution in [2.75, 3.05) is 6.61 Å². The van der Waals surface area contributed by atoms with E-state index >= 15 is 0 Å². The molecule has 0 aliphatic carbocycles. The number of rotatable bonds is 7. The third-order valence-corrected chi connectivity index (χ3v) is 3.85. The van der Waals surface area contributed by atoms with Crippen LogP contribution in [0.25, 0.3) is 0 Å². The van der Waals surface area contributed by atoms with E-state index in [9.17, 15) is 9.36 Å². The van der Waals surface area contributed by atoms with Crippen molar-refractivity contribution >= 4 is 14.4 Å². The van der Waals surface area contributed by atoms with Crippen LogP contribution in [0.5, 0.6) is 0 Å². The molecule has 14 heavy (non-hydrogen) atoms. The largest absolute Gasteiger partial charge is 0.466 e. The van der Waals surface area contributed by atoms with Crippen LogP contribution >= 0.6 is 8.46 Å². The van der Waals surface area contributed by atoms with E-state index in [2.05, 4.69) is 0 Å². The molecule has 0 fully saturated rings. The van der Waals surface area contributed by atoms with Gasteiger partial charge in [-0.3, -0.25) is 9.36 Å². The fourth-order valence-electron chi connectivity index (χ4n) is 1.35. The van der Waals surface area contributed by atoms with Gasteiger partial charge in [0.1, 0.15) is 0 Å². The van der Waals surface area contributed by atoms with Crippen molar-refractivity contribution in [3.05, 3.63) is 0 Å². The minimum atomic E-state index is -0.229. The van der Waals surface area contributed by atoms with Crippen LogP contribution in [0, 0.1) is 0 Å². The molecule has 0 atom stereocenters. The number of ether oxygens (including phenoxy) is 1. The Labute approximate surface area is 87.4 Å². The maximum atomic E-state index is 11.1. The van der Waals surface area contributed by atoms with E-state index in [0.717, 1.165) is 12.8 Å². The third-order valence-electron chi connectivity index (χ3n) is 2.61. The number of carbonyl (C=O) groups excluding carboxylic acids is 1. The lowest BCUT2D eigenvalue weighted by Gasteiger charge is -2.22. The monoisotopic (exact) mass is 218 g/mol. The zero-order chi connectivity index (χ0) is 11.0. The molecule has 0 radical (unpaired) electrons. The second-order valence-corrected chi connectivity index (χ2v) is 4.46. The molecule has 0 heterocycles. The molecule has 0 spiro atoms. The molecule has 0 N–H and O–H groups in total. The van der Waals surface area contributed by atoms with E-state index in [1.54, 1.807) is 6.92 Å². The number of hydrogen-bond acceptors (Lipinski definition) is 3. The van der Waals surface area contributed by atoms with Crippen LogP contribution in [-0.4, -0.2) is 17.7 Å². The Hall–Kier alpha value is -0.430. The predicted molar refractivity (Wildman–Crippen MR) is 56.8 cm³/mol. The lowest BCUT2D eigenvalue weighted by atomic mass is 9.96. The van der Waals surface area contributed by atoms with Crippen molar-refractivity contribution in [1.29, 1.82) is 0 Å². The summed E-state index contributed by atoms with van der Waals surface area (Å²) in [6.45, 7) is 6.20. The molecule has 0 unspecified atom stereocenters. The van der Waals surface area contributed by atoms with Crippen molar-refractivity contribution in [2.45, 2.75) is 51.6 Å². The molecule has 0 rings (SSSR count). The first-order valence-corrected chi connectivity index (χ1v) is 5.95. The Morgan fingerprint density at radius 1 is 1.29 bits per heavy atom. The van der Waals surface area contributed by atoms with E-state index < -0.39 is 0 Å². The standard InChI is InChI=1S/C10H19O3P/c1-4-10(5-2,14-12)8-7-9(11)13-6-3/h4-8H2,1-3H3. The number of hydrogen-bond donors (Lipinski definition) is 0. The Kier molecular flexibility index (Phi) is 6.73. The summed E-state index contributed by atoms with van der Waals surface area (Å²) in [5, 5.41) is -0.229. The van der Waals surface area contributed by atoms with Gasteiger partial charge in [0.25, 0.3) is 0 Å². The highest BCUT2D eigenvalue weighted by Crippen LogP contribution is 2.35. The molecule has 0 saturated carbocycles. The number of carbonyl (C=O) groups is 1. The summed E-state index contributed by atoms with van der Waals surface area (Å²) in [6.07, 6.45) is 2.66. The van der Waals surface area contributed by atoms with Gasteiger partial charge in [0.2, 0.25) is 0 Å². The van der Waals surface area contributed by atoms with Crippen LogP contribution in [-0.2, 0) is 14.1 Å². The van der Waals surface area contributed by atoms with E-state index in [0.29, 0.717) is 19.4 Å². The van der Waals surface area contributed by atoms with Gasteiger partial charge in [0.05, 0.1) is 11.8 Å². The van der Waals surface area contributed by atoms with Gasteiger partial charge in [-0.15, -0.1) is 0 Å². The van der Waals surface area contributed by atoms with Crippen LogP contribution in [0.4, 0.5) is 0 Å². The maximum absolute atomic E-state index is 11.1. The van der Waals surface area contributed by atoms with Gasteiger partial charge in [-0.05, 0) is 26.2 Å². The Bertz CT molecular complexity index is 188. The van der Waals surface area contributed by atoms with Gasteiger partial charge >= 0.3 is 5.97 Å². The van der Waals surface area contributed by atoms with Gasteiger partial charge in [0.15, 0.2) is 8.46 Å². The van der Waals surface area contributed by atoms with E-state index in [1.807, 2.05) is 13.8 Å². The molecule has 0 aliphatic rings. The first-order valence-electron chi connectivity index (χ1n) is 5.14. The highest BCUT2D eigenvalue weighted by atomic mass is 31.1. The Morgan fingerprint density at radius 3 is 2.21 bits per heavy atom. The van der Waals surface area contributed by atoms with E-state index in [-0.39, 0.29) is 19.6 Å². The minimum Gasteiger partial charge on any atom is -0.466 e. The molecule has 0 saturated heterocycles. The molecule has 4 heteroatoms.